The number of hydrogen-bond donors (Lipinski definition) is 1. The first-order valence-corrected chi connectivity index (χ1v) is 7.97. The molecule has 0 unspecified atom stereocenters. The zero-order valence-corrected chi connectivity index (χ0v) is 14.0. The minimum Gasteiger partial charge on any atom is -0.478 e. The minimum absolute atomic E-state index is 0.0857. The summed E-state index contributed by atoms with van der Waals surface area (Å²) < 4.78 is 41.0. The molecule has 130 valence electrons. The lowest BCUT2D eigenvalue weighted by atomic mass is 10.0. The van der Waals surface area contributed by atoms with E-state index in [-0.39, 0.29) is 16.5 Å². The summed E-state index contributed by atoms with van der Waals surface area (Å²) in [6.07, 6.45) is -4.85. The maximum absolute atomic E-state index is 12.4. The van der Waals surface area contributed by atoms with Crippen molar-refractivity contribution in [1.82, 2.24) is 4.98 Å². The SMILES string of the molecule is Cc1cc(-c2cc(C(=O)O)c3cc(OC(F)(F)F)ccc3n2)c(C)s1. The van der Waals surface area contributed by atoms with Crippen molar-refractivity contribution in [2.75, 3.05) is 0 Å². The van der Waals surface area contributed by atoms with Gasteiger partial charge in [0.05, 0.1) is 16.8 Å². The fourth-order valence-electron chi connectivity index (χ4n) is 2.60. The number of nitrogens with zero attached hydrogens (tertiary/aromatic N) is 1. The molecule has 3 rings (SSSR count). The summed E-state index contributed by atoms with van der Waals surface area (Å²) in [5.41, 5.74) is 1.43. The van der Waals surface area contributed by atoms with Gasteiger partial charge in [-0.25, -0.2) is 9.78 Å². The first kappa shape index (κ1) is 17.2. The highest BCUT2D eigenvalue weighted by Gasteiger charge is 2.31. The summed E-state index contributed by atoms with van der Waals surface area (Å²) >= 11 is 1.56. The minimum atomic E-state index is -4.85. The van der Waals surface area contributed by atoms with E-state index in [2.05, 4.69) is 9.72 Å². The van der Waals surface area contributed by atoms with E-state index in [4.69, 9.17) is 0 Å². The number of carbonyl (C=O) groups is 1. The van der Waals surface area contributed by atoms with Crippen LogP contribution < -0.4 is 4.74 Å². The van der Waals surface area contributed by atoms with E-state index >= 15 is 0 Å². The first-order valence-electron chi connectivity index (χ1n) is 7.15. The van der Waals surface area contributed by atoms with E-state index in [0.29, 0.717) is 5.69 Å². The Hall–Kier alpha value is -2.61. The maximum Gasteiger partial charge on any atom is 0.573 e. The van der Waals surface area contributed by atoms with Crippen molar-refractivity contribution in [3.8, 4) is 17.0 Å². The van der Waals surface area contributed by atoms with Crippen LogP contribution in [0.3, 0.4) is 0 Å². The third kappa shape index (κ3) is 3.58. The van der Waals surface area contributed by atoms with Crippen molar-refractivity contribution < 1.29 is 27.8 Å². The number of aromatic carboxylic acids is 1. The Balaban J connectivity index is 2.20. The average molecular weight is 367 g/mol. The number of benzene rings is 1. The third-order valence-corrected chi connectivity index (χ3v) is 4.53. The average Bonchev–Trinajstić information content (AvgIpc) is 2.83. The molecule has 4 nitrogen and oxygen atoms in total. The number of ether oxygens (including phenoxy) is 1. The standard InChI is InChI=1S/C17H12F3NO3S/c1-8-5-11(9(2)25-8)15-7-13(16(22)23)12-6-10(24-17(18,19)20)3-4-14(12)21-15/h3-7H,1-2H3,(H,22,23). The molecular weight excluding hydrogens is 355 g/mol. The second-order valence-electron chi connectivity index (χ2n) is 5.41. The Morgan fingerprint density at radius 2 is 1.92 bits per heavy atom. The second kappa shape index (κ2) is 6.03. The summed E-state index contributed by atoms with van der Waals surface area (Å²) in [6, 6.07) is 6.75. The molecule has 0 saturated carbocycles. The van der Waals surface area contributed by atoms with Crippen LogP contribution in [0.15, 0.2) is 30.3 Å². The van der Waals surface area contributed by atoms with Gasteiger partial charge < -0.3 is 9.84 Å². The second-order valence-corrected chi connectivity index (χ2v) is 6.87. The largest absolute Gasteiger partial charge is 0.573 e. The van der Waals surface area contributed by atoms with Crippen molar-refractivity contribution in [3.63, 3.8) is 0 Å². The Bertz CT molecular complexity index is 979. The van der Waals surface area contributed by atoms with Gasteiger partial charge >= 0.3 is 12.3 Å². The number of fused-ring (bicyclic) bond motifs is 1. The fraction of sp³-hybridized carbons (Fsp3) is 0.176. The molecule has 2 heterocycles. The van der Waals surface area contributed by atoms with Gasteiger partial charge in [0.2, 0.25) is 0 Å². The van der Waals surface area contributed by atoms with Crippen LogP contribution in [-0.2, 0) is 0 Å². The summed E-state index contributed by atoms with van der Waals surface area (Å²) in [5.74, 6) is -1.73. The molecule has 2 aromatic heterocycles. The number of carboxylic acids is 1. The molecular formula is C17H12F3NO3S. The molecule has 0 spiro atoms. The number of rotatable bonds is 3. The lowest BCUT2D eigenvalue weighted by molar-refractivity contribution is -0.274. The van der Waals surface area contributed by atoms with Gasteiger partial charge in [-0.3, -0.25) is 0 Å². The molecule has 0 aliphatic heterocycles. The topological polar surface area (TPSA) is 59.4 Å². The summed E-state index contributed by atoms with van der Waals surface area (Å²) in [5, 5.41) is 9.55. The van der Waals surface area contributed by atoms with E-state index in [0.717, 1.165) is 27.5 Å². The van der Waals surface area contributed by atoms with Crippen LogP contribution in [-0.4, -0.2) is 22.4 Å². The number of alkyl halides is 3. The van der Waals surface area contributed by atoms with Crippen molar-refractivity contribution in [3.05, 3.63) is 45.6 Å². The van der Waals surface area contributed by atoms with Crippen LogP contribution >= 0.6 is 11.3 Å². The van der Waals surface area contributed by atoms with Crippen LogP contribution in [0, 0.1) is 13.8 Å². The Morgan fingerprint density at radius 1 is 1.20 bits per heavy atom. The molecule has 0 amide bonds. The quantitative estimate of drug-likeness (QED) is 0.693. The predicted molar refractivity (Wildman–Crippen MR) is 88.2 cm³/mol. The van der Waals surface area contributed by atoms with Gasteiger partial charge in [0.1, 0.15) is 5.75 Å². The van der Waals surface area contributed by atoms with Gasteiger partial charge in [-0.2, -0.15) is 0 Å². The highest BCUT2D eigenvalue weighted by atomic mass is 32.1. The Morgan fingerprint density at radius 3 is 2.48 bits per heavy atom. The van der Waals surface area contributed by atoms with Crippen molar-refractivity contribution >= 4 is 28.2 Å². The number of halogens is 3. The lowest BCUT2D eigenvalue weighted by Crippen LogP contribution is -2.17. The molecule has 0 saturated heterocycles. The van der Waals surface area contributed by atoms with E-state index in [9.17, 15) is 23.1 Å². The molecule has 0 atom stereocenters. The van der Waals surface area contributed by atoms with Crippen molar-refractivity contribution in [1.29, 1.82) is 0 Å². The molecule has 8 heteroatoms. The first-order chi connectivity index (χ1) is 11.6. The molecule has 1 aromatic carbocycles. The van der Waals surface area contributed by atoms with Crippen molar-refractivity contribution in [2.24, 2.45) is 0 Å². The highest BCUT2D eigenvalue weighted by molar-refractivity contribution is 7.12. The van der Waals surface area contributed by atoms with Crippen LogP contribution in [0.1, 0.15) is 20.1 Å². The number of aromatic nitrogens is 1. The maximum atomic E-state index is 12.4. The van der Waals surface area contributed by atoms with Crippen LogP contribution in [0.4, 0.5) is 13.2 Å². The van der Waals surface area contributed by atoms with E-state index < -0.39 is 18.1 Å². The van der Waals surface area contributed by atoms with Gasteiger partial charge in [0, 0.05) is 20.7 Å². The van der Waals surface area contributed by atoms with Gasteiger partial charge in [0.15, 0.2) is 0 Å². The zero-order valence-electron chi connectivity index (χ0n) is 13.1. The normalized spacial score (nSPS) is 11.7. The number of pyridine rings is 1. The molecule has 3 aromatic rings. The molecule has 0 aliphatic rings. The van der Waals surface area contributed by atoms with Gasteiger partial charge in [-0.15, -0.1) is 24.5 Å². The Labute approximate surface area is 144 Å². The third-order valence-electron chi connectivity index (χ3n) is 3.56. The zero-order chi connectivity index (χ0) is 18.4. The van der Waals surface area contributed by atoms with Gasteiger partial charge in [0.25, 0.3) is 0 Å². The summed E-state index contributed by atoms with van der Waals surface area (Å²) in [4.78, 5) is 18.0. The van der Waals surface area contributed by atoms with Crippen LogP contribution in [0.2, 0.25) is 0 Å². The fourth-order valence-corrected chi connectivity index (χ4v) is 3.54. The van der Waals surface area contributed by atoms with E-state index in [1.165, 1.54) is 12.1 Å². The van der Waals surface area contributed by atoms with Crippen molar-refractivity contribution in [2.45, 2.75) is 20.2 Å². The summed E-state index contributed by atoms with van der Waals surface area (Å²) in [7, 11) is 0. The molecule has 0 aliphatic carbocycles. The number of aryl methyl sites for hydroxylation is 2. The van der Waals surface area contributed by atoms with Crippen LogP contribution in [0.25, 0.3) is 22.2 Å². The molecule has 0 radical (unpaired) electrons. The Kier molecular flexibility index (Phi) is 4.16. The highest BCUT2D eigenvalue weighted by Crippen LogP contribution is 2.33. The van der Waals surface area contributed by atoms with Gasteiger partial charge in [-0.05, 0) is 44.2 Å². The van der Waals surface area contributed by atoms with Gasteiger partial charge in [-0.1, -0.05) is 0 Å². The van der Waals surface area contributed by atoms with E-state index in [1.807, 2.05) is 19.9 Å². The monoisotopic (exact) mass is 367 g/mol. The predicted octanol–water partition coefficient (Wildman–Crippen LogP) is 5.18. The number of hydrogen-bond acceptors (Lipinski definition) is 4. The molecule has 1 N–H and O–H groups in total. The summed E-state index contributed by atoms with van der Waals surface area (Å²) in [6.45, 7) is 3.83. The smallest absolute Gasteiger partial charge is 0.478 e. The molecule has 25 heavy (non-hydrogen) atoms. The van der Waals surface area contributed by atoms with Crippen LogP contribution in [0.5, 0.6) is 5.75 Å². The number of carboxylic acid groups (broad SMARTS) is 1. The number of thiophene rings is 1. The molecule has 0 bridgehead atoms. The molecule has 0 fully saturated rings. The lowest BCUT2D eigenvalue weighted by Gasteiger charge is -2.11. The van der Waals surface area contributed by atoms with E-state index in [1.54, 1.807) is 11.3 Å².